The number of nitrogens with zero attached hydrogens (tertiary/aromatic N) is 1. The molecule has 0 aliphatic heterocycles. The largest absolute Gasteiger partial charge is 0.417 e. The van der Waals surface area contributed by atoms with Crippen LogP contribution in [0.4, 0.5) is 13.2 Å². The van der Waals surface area contributed by atoms with Gasteiger partial charge in [-0.25, -0.2) is 8.42 Å². The molecule has 0 aliphatic rings. The number of sulfonamides is 1. The Morgan fingerprint density at radius 3 is 2.24 bits per heavy atom. The van der Waals surface area contributed by atoms with Crippen molar-refractivity contribution in [2.75, 3.05) is 14.2 Å². The summed E-state index contributed by atoms with van der Waals surface area (Å²) in [6.45, 7) is 0. The number of hydrogen-bond donors (Lipinski definition) is 0. The van der Waals surface area contributed by atoms with Gasteiger partial charge < -0.3 is 0 Å². The second-order valence-electron chi connectivity index (χ2n) is 3.09. The fraction of sp³-hybridized carbons (Fsp3) is 0.333. The molecule has 0 unspecified atom stereocenters. The first kappa shape index (κ1) is 13.9. The average Bonchev–Trinajstić information content (AvgIpc) is 2.26. The van der Waals surface area contributed by atoms with Crippen molar-refractivity contribution in [2.45, 2.75) is 11.1 Å². The Labute approximate surface area is 96.6 Å². The highest BCUT2D eigenvalue weighted by atomic mass is 32.2. The van der Waals surface area contributed by atoms with Crippen LogP contribution >= 0.6 is 0 Å². The normalized spacial score (nSPS) is 13.1. The predicted molar refractivity (Wildman–Crippen MR) is 53.4 cm³/mol. The lowest BCUT2D eigenvalue weighted by atomic mass is 10.2. The van der Waals surface area contributed by atoms with Gasteiger partial charge in [-0.3, -0.25) is 4.84 Å². The monoisotopic (exact) mass is 269 g/mol. The van der Waals surface area contributed by atoms with Gasteiger partial charge in [-0.1, -0.05) is 16.6 Å². The maximum absolute atomic E-state index is 12.6. The number of halogens is 3. The summed E-state index contributed by atoms with van der Waals surface area (Å²) >= 11 is 0. The number of benzene rings is 1. The van der Waals surface area contributed by atoms with Gasteiger partial charge in [0.2, 0.25) is 0 Å². The van der Waals surface area contributed by atoms with Gasteiger partial charge in [0.15, 0.2) is 0 Å². The Hall–Kier alpha value is -1.12. The Morgan fingerprint density at radius 2 is 1.76 bits per heavy atom. The van der Waals surface area contributed by atoms with E-state index in [1.807, 2.05) is 0 Å². The Bertz CT molecular complexity index is 498. The zero-order chi connectivity index (χ0) is 13.3. The van der Waals surface area contributed by atoms with Crippen LogP contribution in [0.5, 0.6) is 0 Å². The Balaban J connectivity index is 3.43. The van der Waals surface area contributed by atoms with Crippen LogP contribution in [-0.4, -0.2) is 27.0 Å². The van der Waals surface area contributed by atoms with E-state index in [0.29, 0.717) is 10.5 Å². The SMILES string of the molecule is CON(C)S(=O)(=O)c1ccccc1C(F)(F)F. The molecule has 0 spiro atoms. The third kappa shape index (κ3) is 2.76. The van der Waals surface area contributed by atoms with Crippen LogP contribution in [0.15, 0.2) is 29.2 Å². The van der Waals surface area contributed by atoms with E-state index >= 15 is 0 Å². The third-order valence-electron chi connectivity index (χ3n) is 2.07. The van der Waals surface area contributed by atoms with Crippen molar-refractivity contribution < 1.29 is 26.4 Å². The number of hydrogen-bond acceptors (Lipinski definition) is 3. The second kappa shape index (κ2) is 4.63. The van der Waals surface area contributed by atoms with Crippen LogP contribution in [-0.2, 0) is 21.0 Å². The van der Waals surface area contributed by atoms with Crippen molar-refractivity contribution in [3.63, 3.8) is 0 Å². The van der Waals surface area contributed by atoms with Gasteiger partial charge in [-0.2, -0.15) is 13.2 Å². The molecular weight excluding hydrogens is 259 g/mol. The summed E-state index contributed by atoms with van der Waals surface area (Å²) in [4.78, 5) is 3.58. The highest BCUT2D eigenvalue weighted by Crippen LogP contribution is 2.34. The molecule has 96 valence electrons. The molecule has 17 heavy (non-hydrogen) atoms. The number of rotatable bonds is 3. The molecule has 0 radical (unpaired) electrons. The zero-order valence-electron chi connectivity index (χ0n) is 9.02. The van der Waals surface area contributed by atoms with Crippen molar-refractivity contribution in [1.29, 1.82) is 0 Å². The van der Waals surface area contributed by atoms with Crippen molar-refractivity contribution in [3.8, 4) is 0 Å². The van der Waals surface area contributed by atoms with Gasteiger partial charge in [0.1, 0.15) is 0 Å². The van der Waals surface area contributed by atoms with Gasteiger partial charge in [0.25, 0.3) is 10.0 Å². The molecule has 1 rings (SSSR count). The lowest BCUT2D eigenvalue weighted by Gasteiger charge is -2.17. The highest BCUT2D eigenvalue weighted by Gasteiger charge is 2.38. The van der Waals surface area contributed by atoms with E-state index in [1.165, 1.54) is 6.07 Å². The van der Waals surface area contributed by atoms with Crippen LogP contribution in [0.1, 0.15) is 5.56 Å². The van der Waals surface area contributed by atoms with Crippen LogP contribution in [0.2, 0.25) is 0 Å². The molecule has 1 aromatic carbocycles. The van der Waals surface area contributed by atoms with E-state index in [-0.39, 0.29) is 0 Å². The van der Waals surface area contributed by atoms with Crippen molar-refractivity contribution in [2.24, 2.45) is 0 Å². The smallest absolute Gasteiger partial charge is 0.288 e. The first-order valence-corrected chi connectivity index (χ1v) is 5.84. The predicted octanol–water partition coefficient (Wildman–Crippen LogP) is 1.89. The van der Waals surface area contributed by atoms with Crippen molar-refractivity contribution in [3.05, 3.63) is 29.8 Å². The molecule has 0 saturated carbocycles. The van der Waals surface area contributed by atoms with E-state index in [1.54, 1.807) is 0 Å². The fourth-order valence-electron chi connectivity index (χ4n) is 1.16. The maximum atomic E-state index is 12.6. The van der Waals surface area contributed by atoms with Crippen molar-refractivity contribution in [1.82, 2.24) is 4.47 Å². The summed E-state index contributed by atoms with van der Waals surface area (Å²) in [5, 5.41) is 0. The second-order valence-corrected chi connectivity index (χ2v) is 5.00. The first-order valence-electron chi connectivity index (χ1n) is 4.40. The van der Waals surface area contributed by atoms with E-state index in [2.05, 4.69) is 4.84 Å². The molecule has 0 aliphatic carbocycles. The minimum atomic E-state index is -4.74. The standard InChI is InChI=1S/C9H10F3NO3S/c1-13(16-2)17(14,15)8-6-4-3-5-7(8)9(10,11)12/h3-6H,1-2H3. The molecule has 1 aromatic rings. The lowest BCUT2D eigenvalue weighted by molar-refractivity contribution is -0.140. The van der Waals surface area contributed by atoms with E-state index < -0.39 is 26.7 Å². The topological polar surface area (TPSA) is 46.6 Å². The van der Waals surface area contributed by atoms with Gasteiger partial charge in [-0.15, -0.1) is 0 Å². The van der Waals surface area contributed by atoms with Gasteiger partial charge in [-0.05, 0) is 12.1 Å². The van der Waals surface area contributed by atoms with Crippen LogP contribution < -0.4 is 0 Å². The number of alkyl halides is 3. The molecule has 0 aromatic heterocycles. The molecule has 0 heterocycles. The molecule has 8 heteroatoms. The summed E-state index contributed by atoms with van der Waals surface area (Å²) < 4.78 is 61.7. The zero-order valence-corrected chi connectivity index (χ0v) is 9.84. The van der Waals surface area contributed by atoms with E-state index in [9.17, 15) is 21.6 Å². The van der Waals surface area contributed by atoms with Gasteiger partial charge in [0.05, 0.1) is 17.6 Å². The average molecular weight is 269 g/mol. The molecule has 0 fully saturated rings. The Kier molecular flexibility index (Phi) is 3.80. The van der Waals surface area contributed by atoms with Gasteiger partial charge >= 0.3 is 6.18 Å². The first-order chi connectivity index (χ1) is 7.71. The fourth-order valence-corrected chi connectivity index (χ4v) is 2.35. The molecule has 0 bridgehead atoms. The lowest BCUT2D eigenvalue weighted by Crippen LogP contribution is -2.28. The molecule has 0 amide bonds. The minimum Gasteiger partial charge on any atom is -0.288 e. The summed E-state index contributed by atoms with van der Waals surface area (Å²) in [6, 6.07) is 3.92. The van der Waals surface area contributed by atoms with E-state index in [0.717, 1.165) is 26.3 Å². The number of hydroxylamine groups is 1. The van der Waals surface area contributed by atoms with Crippen LogP contribution in [0, 0.1) is 0 Å². The highest BCUT2D eigenvalue weighted by molar-refractivity contribution is 7.89. The van der Waals surface area contributed by atoms with Crippen LogP contribution in [0.25, 0.3) is 0 Å². The quantitative estimate of drug-likeness (QED) is 0.787. The van der Waals surface area contributed by atoms with Crippen molar-refractivity contribution >= 4 is 10.0 Å². The molecule has 4 nitrogen and oxygen atoms in total. The minimum absolute atomic E-state index is 0.373. The summed E-state index contributed by atoms with van der Waals surface area (Å²) in [5.74, 6) is 0. The Morgan fingerprint density at radius 1 is 1.24 bits per heavy atom. The molecular formula is C9H10F3NO3S. The third-order valence-corrected chi connectivity index (χ3v) is 3.80. The summed E-state index contributed by atoms with van der Waals surface area (Å²) in [6.07, 6.45) is -4.74. The molecule has 0 N–H and O–H groups in total. The van der Waals surface area contributed by atoms with Crippen LogP contribution in [0.3, 0.4) is 0 Å². The summed E-state index contributed by atoms with van der Waals surface area (Å²) in [7, 11) is -2.25. The molecule has 0 atom stereocenters. The maximum Gasteiger partial charge on any atom is 0.417 e. The molecule has 0 saturated heterocycles. The van der Waals surface area contributed by atoms with E-state index in [4.69, 9.17) is 0 Å². The summed E-state index contributed by atoms with van der Waals surface area (Å²) in [5.41, 5.74) is -1.22. The van der Waals surface area contributed by atoms with Gasteiger partial charge in [0, 0.05) is 7.05 Å².